The molecule has 0 aliphatic rings. The summed E-state index contributed by atoms with van der Waals surface area (Å²) < 4.78 is 5.39. The molecule has 0 bridgehead atoms. The van der Waals surface area contributed by atoms with Crippen molar-refractivity contribution in [2.24, 2.45) is 0 Å². The second-order valence-corrected chi connectivity index (χ2v) is 7.06. The molecule has 6 heteroatoms. The average molecular weight is 374 g/mol. The van der Waals surface area contributed by atoms with Gasteiger partial charge in [0.2, 0.25) is 0 Å². The van der Waals surface area contributed by atoms with Crippen LogP contribution in [0.1, 0.15) is 27.3 Å². The fourth-order valence-corrected chi connectivity index (χ4v) is 3.12. The molecule has 1 N–H and O–H groups in total. The molecule has 0 spiro atoms. The van der Waals surface area contributed by atoms with E-state index >= 15 is 0 Å². The Morgan fingerprint density at radius 1 is 1.11 bits per heavy atom. The highest BCUT2D eigenvalue weighted by atomic mass is 16.5. The monoisotopic (exact) mass is 374 g/mol. The van der Waals surface area contributed by atoms with E-state index in [-0.39, 0.29) is 5.91 Å². The smallest absolute Gasteiger partial charge is 0.274 e. The van der Waals surface area contributed by atoms with Crippen molar-refractivity contribution in [1.82, 2.24) is 20.0 Å². The lowest BCUT2D eigenvalue weighted by Crippen LogP contribution is -2.29. The first-order valence-corrected chi connectivity index (χ1v) is 9.24. The fraction of sp³-hybridized carbons (Fsp3) is 0.227. The third-order valence-electron chi connectivity index (χ3n) is 5.00. The van der Waals surface area contributed by atoms with Gasteiger partial charge in [-0.05, 0) is 49.2 Å². The van der Waals surface area contributed by atoms with Crippen LogP contribution in [-0.2, 0) is 6.42 Å². The SMILES string of the molecule is Cc1ccc(C(=O)N(C)CCc2noc(-c3cc4ccccc4[nH]3)n2)cc1C. The van der Waals surface area contributed by atoms with Gasteiger partial charge < -0.3 is 14.4 Å². The van der Waals surface area contributed by atoms with E-state index in [0.717, 1.165) is 22.2 Å². The van der Waals surface area contributed by atoms with Crippen molar-refractivity contribution in [1.29, 1.82) is 0 Å². The number of nitrogens with zero attached hydrogens (tertiary/aromatic N) is 3. The number of hydrogen-bond acceptors (Lipinski definition) is 4. The number of amides is 1. The molecule has 0 radical (unpaired) electrons. The molecule has 2 heterocycles. The van der Waals surface area contributed by atoms with Crippen LogP contribution in [0.4, 0.5) is 0 Å². The largest absolute Gasteiger partial charge is 0.351 e. The molecule has 4 aromatic rings. The third kappa shape index (κ3) is 3.53. The maximum absolute atomic E-state index is 12.6. The average Bonchev–Trinajstić information content (AvgIpc) is 3.34. The summed E-state index contributed by atoms with van der Waals surface area (Å²) in [6, 6.07) is 15.7. The van der Waals surface area contributed by atoms with E-state index in [9.17, 15) is 4.79 Å². The van der Waals surface area contributed by atoms with Gasteiger partial charge >= 0.3 is 0 Å². The highest BCUT2D eigenvalue weighted by molar-refractivity contribution is 5.94. The van der Waals surface area contributed by atoms with Crippen molar-refractivity contribution < 1.29 is 9.32 Å². The van der Waals surface area contributed by atoms with Gasteiger partial charge in [-0.1, -0.05) is 29.4 Å². The first-order valence-electron chi connectivity index (χ1n) is 9.24. The lowest BCUT2D eigenvalue weighted by Gasteiger charge is -2.16. The number of aryl methyl sites for hydroxylation is 2. The Labute approximate surface area is 163 Å². The molecule has 0 saturated carbocycles. The normalized spacial score (nSPS) is 11.1. The van der Waals surface area contributed by atoms with Gasteiger partial charge in [-0.2, -0.15) is 4.98 Å². The number of benzene rings is 2. The Kier molecular flexibility index (Phi) is 4.69. The number of likely N-dealkylation sites (N-methyl/N-ethyl adjacent to an activating group) is 1. The summed E-state index contributed by atoms with van der Waals surface area (Å²) in [4.78, 5) is 22.0. The predicted octanol–water partition coefficient (Wildman–Crippen LogP) is 4.15. The second kappa shape index (κ2) is 7.31. The summed E-state index contributed by atoms with van der Waals surface area (Å²) in [6.07, 6.45) is 0.525. The van der Waals surface area contributed by atoms with E-state index in [4.69, 9.17) is 4.52 Å². The van der Waals surface area contributed by atoms with Crippen LogP contribution in [-0.4, -0.2) is 39.5 Å². The van der Waals surface area contributed by atoms with Crippen LogP contribution in [0.25, 0.3) is 22.5 Å². The van der Waals surface area contributed by atoms with Gasteiger partial charge in [0, 0.05) is 36.5 Å². The minimum absolute atomic E-state index is 0.0116. The van der Waals surface area contributed by atoms with Crippen molar-refractivity contribution in [2.45, 2.75) is 20.3 Å². The summed E-state index contributed by atoms with van der Waals surface area (Å²) in [5.74, 6) is 1.02. The summed E-state index contributed by atoms with van der Waals surface area (Å²) >= 11 is 0. The van der Waals surface area contributed by atoms with E-state index in [2.05, 4.69) is 15.1 Å². The molecule has 0 aliphatic carbocycles. The number of hydrogen-bond donors (Lipinski definition) is 1. The number of aromatic amines is 1. The molecule has 2 aromatic heterocycles. The molecule has 1 amide bonds. The molecule has 4 rings (SSSR count). The molecule has 0 aliphatic heterocycles. The summed E-state index contributed by atoms with van der Waals surface area (Å²) in [7, 11) is 1.79. The molecule has 0 atom stereocenters. The van der Waals surface area contributed by atoms with Gasteiger partial charge in [-0.3, -0.25) is 4.79 Å². The van der Waals surface area contributed by atoms with E-state index in [1.54, 1.807) is 11.9 Å². The van der Waals surface area contributed by atoms with Crippen LogP contribution in [0.15, 0.2) is 53.1 Å². The lowest BCUT2D eigenvalue weighted by atomic mass is 10.1. The van der Waals surface area contributed by atoms with Crippen LogP contribution in [0.2, 0.25) is 0 Å². The summed E-state index contributed by atoms with van der Waals surface area (Å²) in [6.45, 7) is 4.56. The number of carbonyl (C=O) groups is 1. The Morgan fingerprint density at radius 2 is 1.93 bits per heavy atom. The number of para-hydroxylation sites is 1. The minimum atomic E-state index is -0.0116. The molecule has 28 heavy (non-hydrogen) atoms. The topological polar surface area (TPSA) is 75.0 Å². The number of H-pyrrole nitrogens is 1. The number of nitrogens with one attached hydrogen (secondary N) is 1. The maximum Gasteiger partial charge on any atom is 0.274 e. The van der Waals surface area contributed by atoms with Crippen LogP contribution >= 0.6 is 0 Å². The molecule has 0 fully saturated rings. The van der Waals surface area contributed by atoms with Crippen molar-refractivity contribution in [2.75, 3.05) is 13.6 Å². The van der Waals surface area contributed by atoms with Gasteiger partial charge in [0.1, 0.15) is 5.69 Å². The van der Waals surface area contributed by atoms with E-state index in [1.165, 1.54) is 5.56 Å². The third-order valence-corrected chi connectivity index (χ3v) is 5.00. The van der Waals surface area contributed by atoms with Crippen LogP contribution < -0.4 is 0 Å². The Bertz CT molecular complexity index is 1110. The number of rotatable bonds is 5. The predicted molar refractivity (Wildman–Crippen MR) is 108 cm³/mol. The first-order chi connectivity index (χ1) is 13.5. The van der Waals surface area contributed by atoms with Crippen molar-refractivity contribution >= 4 is 16.8 Å². The fourth-order valence-electron chi connectivity index (χ4n) is 3.12. The second-order valence-electron chi connectivity index (χ2n) is 7.06. The molecule has 2 aromatic carbocycles. The van der Waals surface area contributed by atoms with Crippen molar-refractivity contribution in [3.8, 4) is 11.6 Å². The van der Waals surface area contributed by atoms with Gasteiger partial charge in [0.15, 0.2) is 5.82 Å². The zero-order chi connectivity index (χ0) is 19.7. The number of fused-ring (bicyclic) bond motifs is 1. The first kappa shape index (κ1) is 18.0. The van der Waals surface area contributed by atoms with E-state index < -0.39 is 0 Å². The van der Waals surface area contributed by atoms with Crippen molar-refractivity contribution in [3.63, 3.8) is 0 Å². The van der Waals surface area contributed by atoms with E-state index in [1.807, 2.05) is 62.4 Å². The van der Waals surface area contributed by atoms with Gasteiger partial charge in [0.25, 0.3) is 11.8 Å². The van der Waals surface area contributed by atoms with Crippen LogP contribution in [0.5, 0.6) is 0 Å². The number of carbonyl (C=O) groups excluding carboxylic acids is 1. The zero-order valence-electron chi connectivity index (χ0n) is 16.2. The minimum Gasteiger partial charge on any atom is -0.351 e. The van der Waals surface area contributed by atoms with Crippen molar-refractivity contribution in [3.05, 3.63) is 71.0 Å². The summed E-state index contributed by atoms with van der Waals surface area (Å²) in [5, 5.41) is 5.14. The molecule has 142 valence electrons. The standard InChI is InChI=1S/C22H22N4O2/c1-14-8-9-17(12-15(14)2)22(27)26(3)11-10-20-24-21(28-25-20)19-13-16-6-4-5-7-18(16)23-19/h4-9,12-13,23H,10-11H2,1-3H3. The van der Waals surface area contributed by atoms with Gasteiger partial charge in [0.05, 0.1) is 0 Å². The van der Waals surface area contributed by atoms with Gasteiger partial charge in [-0.15, -0.1) is 0 Å². The lowest BCUT2D eigenvalue weighted by molar-refractivity contribution is 0.0795. The highest BCUT2D eigenvalue weighted by Gasteiger charge is 2.15. The van der Waals surface area contributed by atoms with Crippen LogP contribution in [0.3, 0.4) is 0 Å². The van der Waals surface area contributed by atoms with Crippen LogP contribution in [0, 0.1) is 13.8 Å². The summed E-state index contributed by atoms with van der Waals surface area (Å²) in [5.41, 5.74) is 4.80. The maximum atomic E-state index is 12.6. The molecular weight excluding hydrogens is 352 g/mol. The Hall–Kier alpha value is -3.41. The quantitative estimate of drug-likeness (QED) is 0.569. The number of aromatic nitrogens is 3. The molecule has 0 unspecified atom stereocenters. The zero-order valence-corrected chi connectivity index (χ0v) is 16.2. The van der Waals surface area contributed by atoms with E-state index in [0.29, 0.717) is 30.2 Å². The molecular formula is C22H22N4O2. The van der Waals surface area contributed by atoms with Gasteiger partial charge in [-0.25, -0.2) is 0 Å². The highest BCUT2D eigenvalue weighted by Crippen LogP contribution is 2.22. The Balaban J connectivity index is 1.42. The Morgan fingerprint density at radius 3 is 2.71 bits per heavy atom. The molecule has 0 saturated heterocycles. The molecule has 6 nitrogen and oxygen atoms in total.